The van der Waals surface area contributed by atoms with Crippen LogP contribution < -0.4 is 10.1 Å². The molecule has 1 aromatic heterocycles. The number of ether oxygens (including phenoxy) is 1. The number of aliphatic carboxylic acids is 1. The van der Waals surface area contributed by atoms with Gasteiger partial charge in [0, 0.05) is 12.1 Å². The third-order valence-electron chi connectivity index (χ3n) is 3.22. The van der Waals surface area contributed by atoms with Gasteiger partial charge < -0.3 is 15.2 Å². The first-order valence-corrected chi connectivity index (χ1v) is 7.49. The fourth-order valence-corrected chi connectivity index (χ4v) is 3.75. The Bertz CT molecular complexity index is 502. The Morgan fingerprint density at radius 1 is 1.53 bits per heavy atom. The Balaban J connectivity index is 1.96. The van der Waals surface area contributed by atoms with Crippen LogP contribution in [-0.4, -0.2) is 30.1 Å². The molecule has 0 spiro atoms. The molecule has 0 bridgehead atoms. The van der Waals surface area contributed by atoms with Crippen molar-refractivity contribution in [3.05, 3.63) is 14.7 Å². The number of halogens is 1. The van der Waals surface area contributed by atoms with Crippen molar-refractivity contribution in [3.8, 4) is 5.75 Å². The number of carboxylic acid groups (broad SMARTS) is 1. The fraction of sp³-hybridized carbons (Fsp3) is 0.500. The Labute approximate surface area is 123 Å². The van der Waals surface area contributed by atoms with Gasteiger partial charge >= 0.3 is 5.97 Å². The van der Waals surface area contributed by atoms with E-state index < -0.39 is 5.97 Å². The van der Waals surface area contributed by atoms with Gasteiger partial charge in [0.05, 0.1) is 17.9 Å². The number of rotatable bonds is 4. The SMILES string of the molecule is COc1cc(C(=O)N[C@H]2CC[C@@H](C(=O)O)C2)sc1Br. The number of carbonyl (C=O) groups is 2. The van der Waals surface area contributed by atoms with Crippen LogP contribution in [0.15, 0.2) is 9.85 Å². The zero-order valence-electron chi connectivity index (χ0n) is 10.3. The summed E-state index contributed by atoms with van der Waals surface area (Å²) in [6.45, 7) is 0. The number of carbonyl (C=O) groups excluding carboxylic acids is 1. The van der Waals surface area contributed by atoms with Crippen LogP contribution in [0.5, 0.6) is 5.75 Å². The average molecular weight is 348 g/mol. The lowest BCUT2D eigenvalue weighted by Gasteiger charge is -2.11. The zero-order chi connectivity index (χ0) is 14.0. The van der Waals surface area contributed by atoms with Gasteiger partial charge in [-0.1, -0.05) is 0 Å². The van der Waals surface area contributed by atoms with E-state index in [1.165, 1.54) is 11.3 Å². The third-order valence-corrected chi connectivity index (χ3v) is 5.00. The molecule has 1 aliphatic rings. The van der Waals surface area contributed by atoms with Gasteiger partial charge in [0.1, 0.15) is 9.54 Å². The predicted octanol–water partition coefficient (Wildman–Crippen LogP) is 2.50. The molecule has 1 amide bonds. The third kappa shape index (κ3) is 3.27. The summed E-state index contributed by atoms with van der Waals surface area (Å²) in [4.78, 5) is 23.4. The summed E-state index contributed by atoms with van der Waals surface area (Å²) in [6.07, 6.45) is 1.84. The number of nitrogens with one attached hydrogen (secondary N) is 1. The normalized spacial score (nSPS) is 22.2. The molecule has 5 nitrogen and oxygen atoms in total. The van der Waals surface area contributed by atoms with Crippen LogP contribution in [0.4, 0.5) is 0 Å². The molecule has 7 heteroatoms. The van der Waals surface area contributed by atoms with Crippen molar-refractivity contribution in [3.63, 3.8) is 0 Å². The lowest BCUT2D eigenvalue weighted by Crippen LogP contribution is -2.32. The van der Waals surface area contributed by atoms with Crippen LogP contribution in [0.2, 0.25) is 0 Å². The van der Waals surface area contributed by atoms with Crippen LogP contribution in [0.25, 0.3) is 0 Å². The highest BCUT2D eigenvalue weighted by Crippen LogP contribution is 2.34. The molecule has 0 unspecified atom stereocenters. The Morgan fingerprint density at radius 3 is 2.79 bits per heavy atom. The summed E-state index contributed by atoms with van der Waals surface area (Å²) in [6, 6.07) is 1.62. The average Bonchev–Trinajstić information content (AvgIpc) is 2.95. The van der Waals surface area contributed by atoms with Crippen LogP contribution in [0.1, 0.15) is 28.9 Å². The number of hydrogen-bond acceptors (Lipinski definition) is 4. The van der Waals surface area contributed by atoms with Gasteiger partial charge in [-0.05, 0) is 35.2 Å². The number of amides is 1. The van der Waals surface area contributed by atoms with Crippen LogP contribution in [0.3, 0.4) is 0 Å². The van der Waals surface area contributed by atoms with Crippen molar-refractivity contribution >= 4 is 39.1 Å². The van der Waals surface area contributed by atoms with E-state index in [0.717, 1.165) is 3.79 Å². The number of methoxy groups -OCH3 is 1. The maximum absolute atomic E-state index is 12.0. The smallest absolute Gasteiger partial charge is 0.306 e. The zero-order valence-corrected chi connectivity index (χ0v) is 12.7. The first-order chi connectivity index (χ1) is 9.01. The lowest BCUT2D eigenvalue weighted by atomic mass is 10.1. The maximum atomic E-state index is 12.0. The van der Waals surface area contributed by atoms with Crippen LogP contribution >= 0.6 is 27.3 Å². The summed E-state index contributed by atoms with van der Waals surface area (Å²) in [5.41, 5.74) is 0. The van der Waals surface area contributed by atoms with Crippen molar-refractivity contribution in [2.75, 3.05) is 7.11 Å². The molecule has 0 saturated heterocycles. The summed E-state index contributed by atoms with van der Waals surface area (Å²) in [5.74, 6) is -0.665. The molecule has 1 aromatic rings. The van der Waals surface area contributed by atoms with Gasteiger partial charge in [-0.15, -0.1) is 11.3 Å². The van der Waals surface area contributed by atoms with Gasteiger partial charge in [-0.25, -0.2) is 0 Å². The first-order valence-electron chi connectivity index (χ1n) is 5.88. The molecule has 104 valence electrons. The van der Waals surface area contributed by atoms with Crippen LogP contribution in [-0.2, 0) is 4.79 Å². The first kappa shape index (κ1) is 14.3. The molecule has 1 heterocycles. The topological polar surface area (TPSA) is 75.6 Å². The van der Waals surface area contributed by atoms with Crippen molar-refractivity contribution in [1.29, 1.82) is 0 Å². The molecule has 0 aliphatic heterocycles. The van der Waals surface area contributed by atoms with E-state index in [4.69, 9.17) is 9.84 Å². The second-order valence-corrected chi connectivity index (χ2v) is 6.84. The van der Waals surface area contributed by atoms with Gasteiger partial charge in [-0.2, -0.15) is 0 Å². The number of hydrogen-bond donors (Lipinski definition) is 2. The van der Waals surface area contributed by atoms with Crippen molar-refractivity contribution in [2.45, 2.75) is 25.3 Å². The molecule has 2 N–H and O–H groups in total. The molecule has 0 aromatic carbocycles. The number of carboxylic acids is 1. The van der Waals surface area contributed by atoms with Crippen molar-refractivity contribution in [2.24, 2.45) is 5.92 Å². The monoisotopic (exact) mass is 347 g/mol. The minimum atomic E-state index is -0.780. The van der Waals surface area contributed by atoms with E-state index in [2.05, 4.69) is 21.2 Å². The molecule has 2 rings (SSSR count). The fourth-order valence-electron chi connectivity index (χ4n) is 2.20. The molecular weight excluding hydrogens is 334 g/mol. The van der Waals surface area contributed by atoms with Gasteiger partial charge in [0.25, 0.3) is 5.91 Å². The van der Waals surface area contributed by atoms with Gasteiger partial charge in [-0.3, -0.25) is 9.59 Å². The standard InChI is InChI=1S/C12H14BrNO4S/c1-18-8-5-9(19-10(8)13)11(15)14-7-3-2-6(4-7)12(16)17/h5-7H,2-4H2,1H3,(H,14,15)(H,16,17)/t6-,7+/m1/s1. The highest BCUT2D eigenvalue weighted by Gasteiger charge is 2.31. The highest BCUT2D eigenvalue weighted by molar-refractivity contribution is 9.11. The quantitative estimate of drug-likeness (QED) is 0.877. The largest absolute Gasteiger partial charge is 0.495 e. The molecule has 0 radical (unpaired) electrons. The van der Waals surface area contributed by atoms with Crippen LogP contribution in [0, 0.1) is 5.92 Å². The molecule has 1 aliphatic carbocycles. The summed E-state index contributed by atoms with van der Waals surface area (Å²) in [7, 11) is 1.54. The Hall–Kier alpha value is -1.08. The highest BCUT2D eigenvalue weighted by atomic mass is 79.9. The summed E-state index contributed by atoms with van der Waals surface area (Å²) >= 11 is 4.62. The Morgan fingerprint density at radius 2 is 2.26 bits per heavy atom. The van der Waals surface area contributed by atoms with E-state index >= 15 is 0 Å². The van der Waals surface area contributed by atoms with E-state index in [1.807, 2.05) is 0 Å². The summed E-state index contributed by atoms with van der Waals surface area (Å²) < 4.78 is 5.87. The molecule has 2 atom stereocenters. The minimum absolute atomic E-state index is 0.0551. The molecular formula is C12H14BrNO4S. The van der Waals surface area contributed by atoms with E-state index in [0.29, 0.717) is 29.9 Å². The second kappa shape index (κ2) is 5.92. The predicted molar refractivity (Wildman–Crippen MR) is 74.8 cm³/mol. The number of thiophene rings is 1. The van der Waals surface area contributed by atoms with E-state index in [9.17, 15) is 9.59 Å². The molecule has 1 fully saturated rings. The molecule has 1 saturated carbocycles. The van der Waals surface area contributed by atoms with Crippen molar-refractivity contribution in [1.82, 2.24) is 5.32 Å². The second-order valence-electron chi connectivity index (χ2n) is 4.47. The van der Waals surface area contributed by atoms with Crippen molar-refractivity contribution < 1.29 is 19.4 Å². The maximum Gasteiger partial charge on any atom is 0.306 e. The van der Waals surface area contributed by atoms with Gasteiger partial charge in [0.15, 0.2) is 0 Å². The molecule has 19 heavy (non-hydrogen) atoms. The summed E-state index contributed by atoms with van der Waals surface area (Å²) in [5, 5.41) is 11.8. The minimum Gasteiger partial charge on any atom is -0.495 e. The van der Waals surface area contributed by atoms with E-state index in [-0.39, 0.29) is 17.9 Å². The Kier molecular flexibility index (Phi) is 4.46. The lowest BCUT2D eigenvalue weighted by molar-refractivity contribution is -0.141. The van der Waals surface area contributed by atoms with Gasteiger partial charge in [0.2, 0.25) is 0 Å². The van der Waals surface area contributed by atoms with E-state index in [1.54, 1.807) is 13.2 Å².